The molecule has 0 bridgehead atoms. The van der Waals surface area contributed by atoms with Gasteiger partial charge in [-0.15, -0.1) is 0 Å². The zero-order chi connectivity index (χ0) is 15.1. The van der Waals surface area contributed by atoms with Crippen LogP contribution in [0.2, 0.25) is 0 Å². The van der Waals surface area contributed by atoms with Gasteiger partial charge >= 0.3 is 0 Å². The van der Waals surface area contributed by atoms with Crippen molar-refractivity contribution in [3.05, 3.63) is 0 Å². The molecule has 2 fully saturated rings. The first kappa shape index (κ1) is 16.9. The molecule has 1 N–H and O–H groups in total. The van der Waals surface area contributed by atoms with Crippen LogP contribution < -0.4 is 5.32 Å². The van der Waals surface area contributed by atoms with E-state index in [4.69, 9.17) is 0 Å². The topological polar surface area (TPSA) is 30.9 Å². The zero-order valence-corrected chi connectivity index (χ0v) is 14.8. The van der Waals surface area contributed by atoms with Crippen molar-refractivity contribution in [1.82, 2.24) is 15.1 Å². The van der Waals surface area contributed by atoms with Crippen LogP contribution in [0.5, 0.6) is 0 Å². The molecule has 0 spiro atoms. The summed E-state index contributed by atoms with van der Waals surface area (Å²) in [6, 6.07) is 0. The maximum atomic E-state index is 4.48. The number of nitrogens with one attached hydrogen (secondary N) is 1. The zero-order valence-electron chi connectivity index (χ0n) is 14.0. The fraction of sp³-hybridized carbons (Fsp3) is 0.938. The van der Waals surface area contributed by atoms with Gasteiger partial charge < -0.3 is 15.1 Å². The lowest BCUT2D eigenvalue weighted by Crippen LogP contribution is -2.49. The van der Waals surface area contributed by atoms with Gasteiger partial charge in [0, 0.05) is 44.2 Å². The summed E-state index contributed by atoms with van der Waals surface area (Å²) in [4.78, 5) is 9.50. The lowest BCUT2D eigenvalue weighted by atomic mass is 9.99. The number of hydrogen-bond donors (Lipinski definition) is 1. The summed E-state index contributed by atoms with van der Waals surface area (Å²) in [5.74, 6) is 3.24. The highest BCUT2D eigenvalue weighted by molar-refractivity contribution is 8.00. The Bertz CT molecular complexity index is 326. The summed E-state index contributed by atoms with van der Waals surface area (Å²) >= 11 is 2.11. The van der Waals surface area contributed by atoms with Gasteiger partial charge in [0.15, 0.2) is 5.96 Å². The van der Waals surface area contributed by atoms with Crippen LogP contribution in [0.15, 0.2) is 4.99 Å². The van der Waals surface area contributed by atoms with Gasteiger partial charge in [0.2, 0.25) is 0 Å². The van der Waals surface area contributed by atoms with Crippen molar-refractivity contribution in [3.63, 3.8) is 0 Å². The Hall–Kier alpha value is -0.420. The van der Waals surface area contributed by atoms with Gasteiger partial charge in [-0.25, -0.2) is 0 Å². The Morgan fingerprint density at radius 2 is 2.05 bits per heavy atom. The third-order valence-electron chi connectivity index (χ3n) is 4.69. The van der Waals surface area contributed by atoms with Gasteiger partial charge in [0.05, 0.1) is 0 Å². The molecular formula is C16H32N4S. The summed E-state index contributed by atoms with van der Waals surface area (Å²) in [7, 11) is 1.91. The Labute approximate surface area is 134 Å². The van der Waals surface area contributed by atoms with Crippen molar-refractivity contribution >= 4 is 17.7 Å². The largest absolute Gasteiger partial charge is 0.355 e. The first-order valence-electron chi connectivity index (χ1n) is 8.52. The molecule has 2 saturated heterocycles. The SMILES string of the molecule is CCC1CN(C(=NC)NCCN2CCC(C)CC2)CCS1. The van der Waals surface area contributed by atoms with E-state index in [2.05, 4.69) is 45.7 Å². The summed E-state index contributed by atoms with van der Waals surface area (Å²) < 4.78 is 0. The molecule has 21 heavy (non-hydrogen) atoms. The van der Waals surface area contributed by atoms with Crippen LogP contribution in [0.1, 0.15) is 33.1 Å². The lowest BCUT2D eigenvalue weighted by molar-refractivity contribution is 0.195. The number of nitrogens with zero attached hydrogens (tertiary/aromatic N) is 3. The molecule has 0 amide bonds. The van der Waals surface area contributed by atoms with Crippen molar-refractivity contribution in [3.8, 4) is 0 Å². The molecule has 1 unspecified atom stereocenters. The van der Waals surface area contributed by atoms with Crippen molar-refractivity contribution in [2.75, 3.05) is 52.1 Å². The fourth-order valence-electron chi connectivity index (χ4n) is 3.10. The van der Waals surface area contributed by atoms with E-state index >= 15 is 0 Å². The minimum absolute atomic E-state index is 0.765. The summed E-state index contributed by atoms with van der Waals surface area (Å²) in [5, 5.41) is 4.33. The average Bonchev–Trinajstić information content (AvgIpc) is 2.53. The number of aliphatic imine (C=N–C) groups is 1. The van der Waals surface area contributed by atoms with E-state index in [0.717, 1.165) is 43.3 Å². The highest BCUT2D eigenvalue weighted by atomic mass is 32.2. The van der Waals surface area contributed by atoms with Gasteiger partial charge in [-0.2, -0.15) is 11.8 Å². The van der Waals surface area contributed by atoms with Crippen LogP contribution >= 0.6 is 11.8 Å². The molecule has 0 aromatic heterocycles. The lowest BCUT2D eigenvalue weighted by Gasteiger charge is -2.35. The smallest absolute Gasteiger partial charge is 0.193 e. The van der Waals surface area contributed by atoms with Crippen LogP contribution in [-0.4, -0.2) is 73.1 Å². The van der Waals surface area contributed by atoms with Crippen LogP contribution in [-0.2, 0) is 0 Å². The van der Waals surface area contributed by atoms with Gasteiger partial charge in [0.1, 0.15) is 0 Å². The molecule has 2 rings (SSSR count). The van der Waals surface area contributed by atoms with Gasteiger partial charge in [-0.05, 0) is 38.3 Å². The van der Waals surface area contributed by atoms with E-state index in [0.29, 0.717) is 0 Å². The van der Waals surface area contributed by atoms with Gasteiger partial charge in [-0.1, -0.05) is 13.8 Å². The van der Waals surface area contributed by atoms with E-state index in [1.54, 1.807) is 0 Å². The van der Waals surface area contributed by atoms with Gasteiger partial charge in [-0.3, -0.25) is 4.99 Å². The molecular weight excluding hydrogens is 280 g/mol. The maximum absolute atomic E-state index is 4.48. The van der Waals surface area contributed by atoms with Crippen LogP contribution in [0.4, 0.5) is 0 Å². The first-order chi connectivity index (χ1) is 10.2. The first-order valence-corrected chi connectivity index (χ1v) is 9.57. The van der Waals surface area contributed by atoms with Crippen molar-refractivity contribution < 1.29 is 0 Å². The standard InChI is InChI=1S/C16H32N4S/c1-4-15-13-20(11-12-21-15)16(17-3)18-7-10-19-8-5-14(2)6-9-19/h14-15H,4-13H2,1-3H3,(H,17,18). The van der Waals surface area contributed by atoms with Gasteiger partial charge in [0.25, 0.3) is 0 Å². The second kappa shape index (κ2) is 8.89. The van der Waals surface area contributed by atoms with E-state index in [9.17, 15) is 0 Å². The van der Waals surface area contributed by atoms with Crippen LogP contribution in [0, 0.1) is 5.92 Å². The summed E-state index contributed by atoms with van der Waals surface area (Å²) in [5.41, 5.74) is 0. The highest BCUT2D eigenvalue weighted by Crippen LogP contribution is 2.21. The minimum Gasteiger partial charge on any atom is -0.355 e. The minimum atomic E-state index is 0.765. The molecule has 0 aromatic rings. The third-order valence-corrected chi connectivity index (χ3v) is 6.06. The molecule has 4 nitrogen and oxygen atoms in total. The number of piperidine rings is 1. The van der Waals surface area contributed by atoms with E-state index in [1.807, 2.05) is 7.05 Å². The second-order valence-electron chi connectivity index (χ2n) is 6.35. The third kappa shape index (κ3) is 5.37. The molecule has 2 aliphatic heterocycles. The predicted octanol–water partition coefficient (Wildman–Crippen LogP) is 2.12. The predicted molar refractivity (Wildman–Crippen MR) is 94.3 cm³/mol. The molecule has 122 valence electrons. The second-order valence-corrected chi connectivity index (χ2v) is 7.75. The number of hydrogen-bond acceptors (Lipinski definition) is 3. The van der Waals surface area contributed by atoms with Crippen molar-refractivity contribution in [2.24, 2.45) is 10.9 Å². The monoisotopic (exact) mass is 312 g/mol. The highest BCUT2D eigenvalue weighted by Gasteiger charge is 2.21. The van der Waals surface area contributed by atoms with E-state index < -0.39 is 0 Å². The van der Waals surface area contributed by atoms with Crippen molar-refractivity contribution in [2.45, 2.75) is 38.4 Å². The van der Waals surface area contributed by atoms with Crippen LogP contribution in [0.3, 0.4) is 0 Å². The van der Waals surface area contributed by atoms with Crippen LogP contribution in [0.25, 0.3) is 0 Å². The quantitative estimate of drug-likeness (QED) is 0.636. The average molecular weight is 313 g/mol. The Morgan fingerprint density at radius 1 is 1.29 bits per heavy atom. The normalized spacial score (nSPS) is 26.1. The molecule has 0 aliphatic carbocycles. The number of thioether (sulfide) groups is 1. The summed E-state index contributed by atoms with van der Waals surface area (Å²) in [6.07, 6.45) is 3.97. The molecule has 0 aromatic carbocycles. The van der Waals surface area contributed by atoms with E-state index in [-0.39, 0.29) is 0 Å². The molecule has 2 heterocycles. The molecule has 1 atom stereocenters. The number of guanidine groups is 1. The number of likely N-dealkylation sites (tertiary alicyclic amines) is 1. The Morgan fingerprint density at radius 3 is 2.71 bits per heavy atom. The fourth-order valence-corrected chi connectivity index (χ4v) is 4.28. The molecule has 2 aliphatic rings. The summed E-state index contributed by atoms with van der Waals surface area (Å²) in [6.45, 7) is 11.6. The molecule has 0 saturated carbocycles. The van der Waals surface area contributed by atoms with E-state index in [1.165, 1.54) is 38.1 Å². The Kier molecular flexibility index (Phi) is 7.17. The maximum Gasteiger partial charge on any atom is 0.193 e. The number of rotatable bonds is 4. The van der Waals surface area contributed by atoms with Crippen molar-refractivity contribution in [1.29, 1.82) is 0 Å². The molecule has 0 radical (unpaired) electrons. The Balaban J connectivity index is 1.70. The molecule has 5 heteroatoms.